The van der Waals surface area contributed by atoms with Crippen molar-refractivity contribution in [1.82, 2.24) is 0 Å². The SMILES string of the molecule is C=C(C)C(=O)OC1C=CC2=C3C=CC(=C21)C3. The Bertz CT molecular complexity index is 527. The van der Waals surface area contributed by atoms with Crippen LogP contribution in [-0.2, 0) is 9.53 Å². The van der Waals surface area contributed by atoms with Crippen molar-refractivity contribution in [3.8, 4) is 0 Å². The van der Waals surface area contributed by atoms with Crippen molar-refractivity contribution >= 4 is 5.97 Å². The Labute approximate surface area is 94.3 Å². The average Bonchev–Trinajstić information content (AvgIpc) is 2.88. The van der Waals surface area contributed by atoms with Gasteiger partial charge in [0.1, 0.15) is 6.10 Å². The molecule has 3 aliphatic carbocycles. The summed E-state index contributed by atoms with van der Waals surface area (Å²) in [6.07, 6.45) is 9.03. The first-order valence-corrected chi connectivity index (χ1v) is 5.36. The molecule has 0 fully saturated rings. The van der Waals surface area contributed by atoms with Gasteiger partial charge in [-0.2, -0.15) is 0 Å². The predicted octanol–water partition coefficient (Wildman–Crippen LogP) is 2.61. The predicted molar refractivity (Wildman–Crippen MR) is 61.6 cm³/mol. The lowest BCUT2D eigenvalue weighted by Crippen LogP contribution is -2.17. The van der Waals surface area contributed by atoms with Crippen LogP contribution < -0.4 is 0 Å². The molecule has 0 radical (unpaired) electrons. The zero-order chi connectivity index (χ0) is 11.3. The monoisotopic (exact) mass is 212 g/mol. The summed E-state index contributed by atoms with van der Waals surface area (Å²) in [5, 5.41) is 0. The number of fused-ring (bicyclic) bond motifs is 3. The van der Waals surface area contributed by atoms with E-state index in [4.69, 9.17) is 4.74 Å². The fourth-order valence-electron chi connectivity index (χ4n) is 2.37. The van der Waals surface area contributed by atoms with E-state index >= 15 is 0 Å². The van der Waals surface area contributed by atoms with Crippen molar-refractivity contribution in [3.63, 3.8) is 0 Å². The first kappa shape index (κ1) is 9.40. The molecule has 0 heterocycles. The largest absolute Gasteiger partial charge is 0.450 e. The van der Waals surface area contributed by atoms with Crippen LogP contribution in [0.3, 0.4) is 0 Å². The summed E-state index contributed by atoms with van der Waals surface area (Å²) >= 11 is 0. The number of allylic oxidation sites excluding steroid dienone is 5. The summed E-state index contributed by atoms with van der Waals surface area (Å²) < 4.78 is 5.39. The van der Waals surface area contributed by atoms with Crippen LogP contribution in [0.2, 0.25) is 0 Å². The minimum atomic E-state index is -0.319. The molecule has 0 aliphatic heterocycles. The number of ether oxygens (including phenoxy) is 1. The highest BCUT2D eigenvalue weighted by Crippen LogP contribution is 2.45. The Morgan fingerprint density at radius 1 is 1.38 bits per heavy atom. The second kappa shape index (κ2) is 3.08. The topological polar surface area (TPSA) is 26.3 Å². The molecule has 0 aromatic rings. The highest BCUT2D eigenvalue weighted by Gasteiger charge is 2.34. The van der Waals surface area contributed by atoms with Crippen LogP contribution in [0.15, 0.2) is 58.7 Å². The van der Waals surface area contributed by atoms with Crippen molar-refractivity contribution in [2.45, 2.75) is 19.4 Å². The quantitative estimate of drug-likeness (QED) is 0.519. The molecule has 80 valence electrons. The smallest absolute Gasteiger partial charge is 0.334 e. The molecule has 1 unspecified atom stereocenters. The number of hydrogen-bond donors (Lipinski definition) is 0. The normalized spacial score (nSPS) is 24.4. The minimum absolute atomic E-state index is 0.211. The van der Waals surface area contributed by atoms with Crippen LogP contribution in [0.4, 0.5) is 0 Å². The summed E-state index contributed by atoms with van der Waals surface area (Å²) in [6, 6.07) is 0. The molecule has 3 aliphatic rings. The third-order valence-corrected chi connectivity index (χ3v) is 3.15. The van der Waals surface area contributed by atoms with Gasteiger partial charge in [-0.3, -0.25) is 0 Å². The van der Waals surface area contributed by atoms with Crippen molar-refractivity contribution in [2.75, 3.05) is 0 Å². The van der Waals surface area contributed by atoms with E-state index in [1.54, 1.807) is 6.92 Å². The standard InChI is InChI=1S/C14H12O2/c1-8(2)14(15)16-12-6-5-11-9-3-4-10(7-9)13(11)12/h3-6,12H,1,7H2,2H3. The van der Waals surface area contributed by atoms with E-state index in [9.17, 15) is 4.79 Å². The number of rotatable bonds is 2. The highest BCUT2D eigenvalue weighted by molar-refractivity contribution is 5.87. The molecule has 0 saturated heterocycles. The van der Waals surface area contributed by atoms with Gasteiger partial charge in [-0.05, 0) is 36.1 Å². The maximum Gasteiger partial charge on any atom is 0.334 e. The van der Waals surface area contributed by atoms with E-state index in [-0.39, 0.29) is 12.1 Å². The van der Waals surface area contributed by atoms with Crippen molar-refractivity contribution < 1.29 is 9.53 Å². The minimum Gasteiger partial charge on any atom is -0.450 e. The Balaban J connectivity index is 1.89. The zero-order valence-electron chi connectivity index (χ0n) is 9.12. The van der Waals surface area contributed by atoms with E-state index < -0.39 is 0 Å². The van der Waals surface area contributed by atoms with Crippen LogP contribution in [0.1, 0.15) is 13.3 Å². The molecule has 0 saturated carbocycles. The fourth-order valence-corrected chi connectivity index (χ4v) is 2.37. The zero-order valence-corrected chi connectivity index (χ0v) is 9.12. The van der Waals surface area contributed by atoms with Gasteiger partial charge < -0.3 is 4.74 Å². The van der Waals surface area contributed by atoms with Crippen LogP contribution in [0.5, 0.6) is 0 Å². The first-order chi connectivity index (χ1) is 7.66. The van der Waals surface area contributed by atoms with Gasteiger partial charge in [-0.1, -0.05) is 24.8 Å². The second-order valence-corrected chi connectivity index (χ2v) is 4.35. The molecule has 0 aromatic heterocycles. The Hall–Kier alpha value is -1.83. The molecule has 3 rings (SSSR count). The van der Waals surface area contributed by atoms with Crippen molar-refractivity contribution in [1.29, 1.82) is 0 Å². The van der Waals surface area contributed by atoms with Gasteiger partial charge in [0.05, 0.1) is 0 Å². The van der Waals surface area contributed by atoms with Gasteiger partial charge in [-0.15, -0.1) is 0 Å². The van der Waals surface area contributed by atoms with Gasteiger partial charge >= 0.3 is 5.97 Å². The lowest BCUT2D eigenvalue weighted by Gasteiger charge is -2.14. The average molecular weight is 212 g/mol. The third kappa shape index (κ3) is 1.16. The number of carbonyl (C=O) groups is 1. The number of carbonyl (C=O) groups excluding carboxylic acids is 1. The molecule has 2 bridgehead atoms. The summed E-state index contributed by atoms with van der Waals surface area (Å²) in [5.74, 6) is -0.319. The molecule has 0 spiro atoms. The summed E-state index contributed by atoms with van der Waals surface area (Å²) in [5.41, 5.74) is 5.49. The van der Waals surface area contributed by atoms with Gasteiger partial charge in [0.25, 0.3) is 0 Å². The van der Waals surface area contributed by atoms with Crippen LogP contribution in [-0.4, -0.2) is 12.1 Å². The molecule has 2 nitrogen and oxygen atoms in total. The van der Waals surface area contributed by atoms with Crippen LogP contribution in [0.25, 0.3) is 0 Å². The molecule has 0 aromatic carbocycles. The van der Waals surface area contributed by atoms with E-state index in [0.717, 1.165) is 6.42 Å². The molecule has 0 amide bonds. The lowest BCUT2D eigenvalue weighted by atomic mass is 10.0. The van der Waals surface area contributed by atoms with E-state index in [1.165, 1.54) is 22.3 Å². The lowest BCUT2D eigenvalue weighted by molar-refractivity contribution is -0.140. The fraction of sp³-hybridized carbons (Fsp3) is 0.214. The molecule has 0 N–H and O–H groups in total. The summed E-state index contributed by atoms with van der Waals surface area (Å²) in [7, 11) is 0. The van der Waals surface area contributed by atoms with Crippen LogP contribution >= 0.6 is 0 Å². The maximum atomic E-state index is 11.5. The Morgan fingerprint density at radius 3 is 2.88 bits per heavy atom. The molecule has 2 heteroatoms. The van der Waals surface area contributed by atoms with E-state index in [1.807, 2.05) is 6.08 Å². The maximum absolute atomic E-state index is 11.5. The van der Waals surface area contributed by atoms with E-state index in [2.05, 4.69) is 24.8 Å². The van der Waals surface area contributed by atoms with Gasteiger partial charge in [0.2, 0.25) is 0 Å². The highest BCUT2D eigenvalue weighted by atomic mass is 16.5. The first-order valence-electron chi connectivity index (χ1n) is 5.36. The Kier molecular flexibility index (Phi) is 1.81. The van der Waals surface area contributed by atoms with Gasteiger partial charge in [0, 0.05) is 11.1 Å². The summed E-state index contributed by atoms with van der Waals surface area (Å²) in [6.45, 7) is 5.26. The molecular weight excluding hydrogens is 200 g/mol. The summed E-state index contributed by atoms with van der Waals surface area (Å²) in [4.78, 5) is 11.5. The van der Waals surface area contributed by atoms with Crippen molar-refractivity contribution in [2.24, 2.45) is 0 Å². The molecule has 1 atom stereocenters. The van der Waals surface area contributed by atoms with Gasteiger partial charge in [-0.25, -0.2) is 4.79 Å². The number of hydrogen-bond acceptors (Lipinski definition) is 2. The third-order valence-electron chi connectivity index (χ3n) is 3.15. The van der Waals surface area contributed by atoms with Crippen LogP contribution in [0, 0.1) is 0 Å². The second-order valence-electron chi connectivity index (χ2n) is 4.35. The Morgan fingerprint density at radius 2 is 2.12 bits per heavy atom. The molecular formula is C14H12O2. The van der Waals surface area contributed by atoms with Gasteiger partial charge in [0.15, 0.2) is 0 Å². The number of esters is 1. The molecule has 16 heavy (non-hydrogen) atoms. The van der Waals surface area contributed by atoms with E-state index in [0.29, 0.717) is 5.57 Å². The van der Waals surface area contributed by atoms with Crippen molar-refractivity contribution in [3.05, 3.63) is 58.7 Å².